The number of halogens is 1. The quantitative estimate of drug-likeness (QED) is 0.814. The van der Waals surface area contributed by atoms with E-state index in [2.05, 4.69) is 16.9 Å². The van der Waals surface area contributed by atoms with Crippen LogP contribution in [0.5, 0.6) is 5.75 Å². The van der Waals surface area contributed by atoms with Crippen LogP contribution in [-0.4, -0.2) is 34.7 Å². The van der Waals surface area contributed by atoms with Gasteiger partial charge in [-0.3, -0.25) is 4.90 Å². The van der Waals surface area contributed by atoms with Crippen molar-refractivity contribution in [3.63, 3.8) is 0 Å². The number of aromatic nitrogens is 2. The van der Waals surface area contributed by atoms with Gasteiger partial charge in [0.1, 0.15) is 18.2 Å². The summed E-state index contributed by atoms with van der Waals surface area (Å²) in [4.78, 5) is 6.47. The van der Waals surface area contributed by atoms with Crippen molar-refractivity contribution in [3.8, 4) is 5.75 Å². The molecule has 4 nitrogen and oxygen atoms in total. The van der Waals surface area contributed by atoms with Gasteiger partial charge < -0.3 is 9.30 Å². The molecule has 1 aromatic heterocycles. The molecule has 5 heteroatoms. The van der Waals surface area contributed by atoms with Crippen LogP contribution in [0, 0.1) is 0 Å². The Balaban J connectivity index is 1.75. The molecule has 0 bridgehead atoms. The first-order valence-electron chi connectivity index (χ1n) is 6.18. The third-order valence-corrected chi connectivity index (χ3v) is 3.11. The van der Waals surface area contributed by atoms with Gasteiger partial charge in [-0.05, 0) is 25.2 Å². The number of aryl methyl sites for hydroxylation is 1. The first-order valence-corrected chi connectivity index (χ1v) is 6.56. The van der Waals surface area contributed by atoms with Crippen molar-refractivity contribution in [1.82, 2.24) is 14.5 Å². The van der Waals surface area contributed by atoms with E-state index in [0.29, 0.717) is 11.6 Å². The summed E-state index contributed by atoms with van der Waals surface area (Å²) in [5.74, 6) is 1.85. The van der Waals surface area contributed by atoms with Gasteiger partial charge in [-0.15, -0.1) is 0 Å². The summed E-state index contributed by atoms with van der Waals surface area (Å²) in [6, 6.07) is 7.45. The van der Waals surface area contributed by atoms with E-state index in [9.17, 15) is 0 Å². The second-order valence-corrected chi connectivity index (χ2v) is 4.93. The van der Waals surface area contributed by atoms with E-state index in [4.69, 9.17) is 16.3 Å². The van der Waals surface area contributed by atoms with E-state index in [1.54, 1.807) is 0 Å². The normalized spacial score (nSPS) is 10.9. The highest BCUT2D eigenvalue weighted by Crippen LogP contribution is 2.16. The number of hydrogen-bond acceptors (Lipinski definition) is 3. The van der Waals surface area contributed by atoms with Gasteiger partial charge in [0, 0.05) is 31.0 Å². The second-order valence-electron chi connectivity index (χ2n) is 4.50. The van der Waals surface area contributed by atoms with Crippen molar-refractivity contribution < 1.29 is 4.74 Å². The Labute approximate surface area is 118 Å². The molecule has 0 saturated carbocycles. The van der Waals surface area contributed by atoms with E-state index in [0.717, 1.165) is 24.7 Å². The first-order chi connectivity index (χ1) is 9.15. The Kier molecular flexibility index (Phi) is 4.82. The molecule has 0 N–H and O–H groups in total. The summed E-state index contributed by atoms with van der Waals surface area (Å²) in [5, 5.41) is 0.693. The number of rotatable bonds is 6. The Morgan fingerprint density at radius 2 is 2.26 bits per heavy atom. The summed E-state index contributed by atoms with van der Waals surface area (Å²) in [6.45, 7) is 2.27. The molecule has 19 heavy (non-hydrogen) atoms. The van der Waals surface area contributed by atoms with E-state index in [1.165, 1.54) is 0 Å². The van der Waals surface area contributed by atoms with Gasteiger partial charge in [0.05, 0.1) is 6.54 Å². The molecule has 2 rings (SSSR count). The van der Waals surface area contributed by atoms with Crippen LogP contribution in [0.3, 0.4) is 0 Å². The summed E-state index contributed by atoms with van der Waals surface area (Å²) < 4.78 is 7.68. The molecule has 102 valence electrons. The average Bonchev–Trinajstić information content (AvgIpc) is 2.75. The molecule has 0 aliphatic rings. The molecule has 1 aromatic carbocycles. The third-order valence-electron chi connectivity index (χ3n) is 2.87. The van der Waals surface area contributed by atoms with Crippen molar-refractivity contribution in [2.24, 2.45) is 7.05 Å². The fourth-order valence-electron chi connectivity index (χ4n) is 1.75. The zero-order chi connectivity index (χ0) is 13.7. The fourth-order valence-corrected chi connectivity index (χ4v) is 1.93. The lowest BCUT2D eigenvalue weighted by Gasteiger charge is -2.16. The molecule has 0 radical (unpaired) electrons. The molecule has 2 aromatic rings. The number of likely N-dealkylation sites (N-methyl/N-ethyl adjacent to an activating group) is 1. The predicted molar refractivity (Wildman–Crippen MR) is 76.5 cm³/mol. The third kappa shape index (κ3) is 4.26. The van der Waals surface area contributed by atoms with E-state index in [-0.39, 0.29) is 0 Å². The highest BCUT2D eigenvalue weighted by Gasteiger charge is 2.04. The van der Waals surface area contributed by atoms with Crippen molar-refractivity contribution in [1.29, 1.82) is 0 Å². The molecule has 0 spiro atoms. The van der Waals surface area contributed by atoms with E-state index in [1.807, 2.05) is 48.3 Å². The number of benzene rings is 1. The second kappa shape index (κ2) is 6.59. The Morgan fingerprint density at radius 1 is 1.42 bits per heavy atom. The van der Waals surface area contributed by atoms with Gasteiger partial charge in [-0.1, -0.05) is 17.7 Å². The molecule has 0 atom stereocenters. The van der Waals surface area contributed by atoms with Gasteiger partial charge >= 0.3 is 0 Å². The smallest absolute Gasteiger partial charge is 0.122 e. The minimum Gasteiger partial charge on any atom is -0.492 e. The maximum atomic E-state index is 5.90. The minimum absolute atomic E-state index is 0.626. The van der Waals surface area contributed by atoms with Crippen LogP contribution in [0.25, 0.3) is 0 Å². The standard InChI is InChI=1S/C14H18ClN3O/c1-17(11-14-16-6-7-18(14)2)8-9-19-13-5-3-4-12(15)10-13/h3-7,10H,8-9,11H2,1-2H3. The topological polar surface area (TPSA) is 30.3 Å². The number of nitrogens with zero attached hydrogens (tertiary/aromatic N) is 3. The molecule has 0 unspecified atom stereocenters. The van der Waals surface area contributed by atoms with Gasteiger partial charge in [0.25, 0.3) is 0 Å². The summed E-state index contributed by atoms with van der Waals surface area (Å²) in [7, 11) is 4.05. The summed E-state index contributed by atoms with van der Waals surface area (Å²) in [6.07, 6.45) is 3.76. The van der Waals surface area contributed by atoms with E-state index >= 15 is 0 Å². The van der Waals surface area contributed by atoms with Gasteiger partial charge in [0.15, 0.2) is 0 Å². The fraction of sp³-hybridized carbons (Fsp3) is 0.357. The van der Waals surface area contributed by atoms with Crippen LogP contribution < -0.4 is 4.74 Å². The van der Waals surface area contributed by atoms with Crippen LogP contribution in [0.2, 0.25) is 5.02 Å². The molecular formula is C14H18ClN3O. The molecule has 0 fully saturated rings. The zero-order valence-corrected chi connectivity index (χ0v) is 12.0. The Morgan fingerprint density at radius 3 is 2.95 bits per heavy atom. The maximum absolute atomic E-state index is 5.90. The SMILES string of the molecule is CN(CCOc1cccc(Cl)c1)Cc1nccn1C. The van der Waals surface area contributed by atoms with Crippen LogP contribution in [-0.2, 0) is 13.6 Å². The Hall–Kier alpha value is -1.52. The first kappa shape index (κ1) is 13.9. The predicted octanol–water partition coefficient (Wildman–Crippen LogP) is 2.58. The van der Waals surface area contributed by atoms with Crippen LogP contribution in [0.1, 0.15) is 5.82 Å². The van der Waals surface area contributed by atoms with E-state index < -0.39 is 0 Å². The molecule has 0 amide bonds. The van der Waals surface area contributed by atoms with Crippen molar-refractivity contribution in [2.45, 2.75) is 6.54 Å². The summed E-state index contributed by atoms with van der Waals surface area (Å²) >= 11 is 5.90. The highest BCUT2D eigenvalue weighted by atomic mass is 35.5. The average molecular weight is 280 g/mol. The van der Waals surface area contributed by atoms with Crippen LogP contribution in [0.15, 0.2) is 36.7 Å². The van der Waals surface area contributed by atoms with Gasteiger partial charge in [-0.2, -0.15) is 0 Å². The zero-order valence-electron chi connectivity index (χ0n) is 11.2. The van der Waals surface area contributed by atoms with Gasteiger partial charge in [-0.25, -0.2) is 4.98 Å². The molecule has 0 saturated heterocycles. The Bertz CT molecular complexity index is 527. The molecule has 0 aliphatic heterocycles. The van der Waals surface area contributed by atoms with Crippen molar-refractivity contribution in [2.75, 3.05) is 20.2 Å². The lowest BCUT2D eigenvalue weighted by Crippen LogP contribution is -2.25. The molecular weight excluding hydrogens is 262 g/mol. The van der Waals surface area contributed by atoms with Crippen LogP contribution in [0.4, 0.5) is 0 Å². The largest absolute Gasteiger partial charge is 0.492 e. The number of hydrogen-bond donors (Lipinski definition) is 0. The van der Waals surface area contributed by atoms with Crippen molar-refractivity contribution >= 4 is 11.6 Å². The number of imidazole rings is 1. The lowest BCUT2D eigenvalue weighted by atomic mass is 10.3. The molecule has 1 heterocycles. The van der Waals surface area contributed by atoms with Gasteiger partial charge in [0.2, 0.25) is 0 Å². The van der Waals surface area contributed by atoms with Crippen LogP contribution >= 0.6 is 11.6 Å². The number of ether oxygens (including phenoxy) is 1. The summed E-state index contributed by atoms with van der Waals surface area (Å²) in [5.41, 5.74) is 0. The monoisotopic (exact) mass is 279 g/mol. The van der Waals surface area contributed by atoms with Crippen molar-refractivity contribution in [3.05, 3.63) is 47.5 Å². The minimum atomic E-state index is 0.626. The lowest BCUT2D eigenvalue weighted by molar-refractivity contribution is 0.228. The maximum Gasteiger partial charge on any atom is 0.122 e. The molecule has 0 aliphatic carbocycles. The highest BCUT2D eigenvalue weighted by molar-refractivity contribution is 6.30.